The summed E-state index contributed by atoms with van der Waals surface area (Å²) in [5, 5.41) is 7.14. The molecule has 1 saturated heterocycles. The van der Waals surface area contributed by atoms with Gasteiger partial charge in [-0.2, -0.15) is 5.10 Å². The van der Waals surface area contributed by atoms with Gasteiger partial charge in [-0.25, -0.2) is 0 Å². The zero-order chi connectivity index (χ0) is 15.7. The maximum absolute atomic E-state index is 12.4. The molecule has 0 radical (unpaired) electrons. The number of ketones is 1. The van der Waals surface area contributed by atoms with Gasteiger partial charge >= 0.3 is 0 Å². The Labute approximate surface area is 131 Å². The van der Waals surface area contributed by atoms with E-state index in [2.05, 4.69) is 27.0 Å². The highest BCUT2D eigenvalue weighted by molar-refractivity contribution is 5.98. The van der Waals surface area contributed by atoms with E-state index in [0.717, 1.165) is 42.9 Å². The summed E-state index contributed by atoms with van der Waals surface area (Å²) in [7, 11) is 0. The lowest BCUT2D eigenvalue weighted by Gasteiger charge is -2.31. The summed E-state index contributed by atoms with van der Waals surface area (Å²) in [6.45, 7) is 8.51. The molecular weight excluding hydrogens is 276 g/mol. The Morgan fingerprint density at radius 1 is 1.27 bits per heavy atom. The Hall–Kier alpha value is -1.88. The molecule has 2 N–H and O–H groups in total. The molecule has 0 bridgehead atoms. The number of aromatic amines is 2. The Bertz CT molecular complexity index is 662. The molecule has 0 atom stereocenters. The van der Waals surface area contributed by atoms with Gasteiger partial charge in [-0.05, 0) is 64.3 Å². The molecule has 0 amide bonds. The van der Waals surface area contributed by atoms with E-state index in [1.807, 2.05) is 26.1 Å². The highest BCUT2D eigenvalue weighted by Crippen LogP contribution is 2.29. The molecular formula is C17H24N4O. The van der Waals surface area contributed by atoms with E-state index in [9.17, 15) is 4.79 Å². The number of hydrogen-bond acceptors (Lipinski definition) is 3. The first kappa shape index (κ1) is 15.0. The molecule has 0 spiro atoms. The predicted octanol–water partition coefficient (Wildman–Crippen LogP) is 2.73. The number of rotatable bonds is 4. The number of H-pyrrole nitrogens is 2. The van der Waals surface area contributed by atoms with Gasteiger partial charge in [0.05, 0.1) is 12.7 Å². The first-order valence-corrected chi connectivity index (χ1v) is 7.96. The molecule has 0 unspecified atom stereocenters. The molecule has 2 aromatic rings. The highest BCUT2D eigenvalue weighted by atomic mass is 16.1. The standard InChI is InChI=1S/C17H24N4O/c1-11-8-15(12(2)19-11)17(22)10-21-6-4-14(5-7-21)16-9-18-20-13(16)3/h8-9,14,19H,4-7,10H2,1-3H3,(H,18,20). The summed E-state index contributed by atoms with van der Waals surface area (Å²) < 4.78 is 0. The molecule has 1 aliphatic heterocycles. The molecule has 5 nitrogen and oxygen atoms in total. The van der Waals surface area contributed by atoms with Crippen LogP contribution in [0.5, 0.6) is 0 Å². The van der Waals surface area contributed by atoms with Crippen molar-refractivity contribution in [1.82, 2.24) is 20.1 Å². The average Bonchev–Trinajstić information content (AvgIpc) is 3.05. The zero-order valence-corrected chi connectivity index (χ0v) is 13.6. The lowest BCUT2D eigenvalue weighted by atomic mass is 9.90. The van der Waals surface area contributed by atoms with Gasteiger partial charge in [0.15, 0.2) is 5.78 Å². The normalized spacial score (nSPS) is 17.0. The number of piperidine rings is 1. The van der Waals surface area contributed by atoms with Crippen molar-refractivity contribution in [3.8, 4) is 0 Å². The van der Waals surface area contributed by atoms with Crippen molar-refractivity contribution in [2.45, 2.75) is 39.5 Å². The van der Waals surface area contributed by atoms with E-state index in [1.165, 1.54) is 11.3 Å². The molecule has 0 aliphatic carbocycles. The summed E-state index contributed by atoms with van der Waals surface area (Å²) in [5.41, 5.74) is 5.38. The third kappa shape index (κ3) is 2.99. The first-order valence-electron chi connectivity index (χ1n) is 7.96. The smallest absolute Gasteiger partial charge is 0.178 e. The van der Waals surface area contributed by atoms with E-state index in [0.29, 0.717) is 12.5 Å². The van der Waals surface area contributed by atoms with Gasteiger partial charge in [0.25, 0.3) is 0 Å². The summed E-state index contributed by atoms with van der Waals surface area (Å²) in [5.74, 6) is 0.793. The van der Waals surface area contributed by atoms with Crippen LogP contribution in [0.4, 0.5) is 0 Å². The van der Waals surface area contributed by atoms with Crippen molar-refractivity contribution < 1.29 is 4.79 Å². The number of likely N-dealkylation sites (tertiary alicyclic amines) is 1. The van der Waals surface area contributed by atoms with Crippen LogP contribution in [0.2, 0.25) is 0 Å². The van der Waals surface area contributed by atoms with Gasteiger partial charge in [0.2, 0.25) is 0 Å². The van der Waals surface area contributed by atoms with Crippen LogP contribution in [0.3, 0.4) is 0 Å². The number of carbonyl (C=O) groups is 1. The summed E-state index contributed by atoms with van der Waals surface area (Å²) >= 11 is 0. The Morgan fingerprint density at radius 2 is 2.00 bits per heavy atom. The number of Topliss-reactive ketones (excluding diaryl/α,β-unsaturated/α-hetero) is 1. The minimum atomic E-state index is 0.222. The van der Waals surface area contributed by atoms with Crippen molar-refractivity contribution in [3.63, 3.8) is 0 Å². The predicted molar refractivity (Wildman–Crippen MR) is 86.3 cm³/mol. The van der Waals surface area contributed by atoms with Crippen LogP contribution in [0, 0.1) is 20.8 Å². The van der Waals surface area contributed by atoms with Crippen molar-refractivity contribution in [2.24, 2.45) is 0 Å². The average molecular weight is 300 g/mol. The second-order valence-corrected chi connectivity index (χ2v) is 6.41. The van der Waals surface area contributed by atoms with Crippen LogP contribution in [-0.2, 0) is 0 Å². The van der Waals surface area contributed by atoms with E-state index in [4.69, 9.17) is 0 Å². The van der Waals surface area contributed by atoms with E-state index in [1.54, 1.807) is 0 Å². The monoisotopic (exact) mass is 300 g/mol. The van der Waals surface area contributed by atoms with Crippen LogP contribution in [0.1, 0.15) is 51.8 Å². The second-order valence-electron chi connectivity index (χ2n) is 6.41. The maximum atomic E-state index is 12.4. The van der Waals surface area contributed by atoms with Crippen LogP contribution in [0.25, 0.3) is 0 Å². The van der Waals surface area contributed by atoms with Gasteiger partial charge in [0, 0.05) is 22.6 Å². The molecule has 3 heterocycles. The molecule has 22 heavy (non-hydrogen) atoms. The van der Waals surface area contributed by atoms with Gasteiger partial charge < -0.3 is 4.98 Å². The van der Waals surface area contributed by atoms with Crippen molar-refractivity contribution in [2.75, 3.05) is 19.6 Å². The van der Waals surface area contributed by atoms with E-state index >= 15 is 0 Å². The molecule has 1 aliphatic rings. The minimum absolute atomic E-state index is 0.222. The molecule has 0 aromatic carbocycles. The number of hydrogen-bond donors (Lipinski definition) is 2. The number of nitrogens with zero attached hydrogens (tertiary/aromatic N) is 2. The van der Waals surface area contributed by atoms with Crippen LogP contribution >= 0.6 is 0 Å². The van der Waals surface area contributed by atoms with Crippen LogP contribution in [-0.4, -0.2) is 45.5 Å². The fourth-order valence-electron chi connectivity index (χ4n) is 3.48. The van der Waals surface area contributed by atoms with Gasteiger partial charge in [-0.3, -0.25) is 14.8 Å². The number of carbonyl (C=O) groups excluding carboxylic acids is 1. The zero-order valence-electron chi connectivity index (χ0n) is 13.6. The fraction of sp³-hybridized carbons (Fsp3) is 0.529. The van der Waals surface area contributed by atoms with E-state index in [-0.39, 0.29) is 5.78 Å². The number of nitrogens with one attached hydrogen (secondary N) is 2. The fourth-order valence-corrected chi connectivity index (χ4v) is 3.48. The number of aromatic nitrogens is 3. The lowest BCUT2D eigenvalue weighted by molar-refractivity contribution is 0.0909. The quantitative estimate of drug-likeness (QED) is 0.853. The van der Waals surface area contributed by atoms with E-state index < -0.39 is 0 Å². The summed E-state index contributed by atoms with van der Waals surface area (Å²) in [6.07, 6.45) is 4.14. The number of aryl methyl sites for hydroxylation is 3. The molecule has 118 valence electrons. The SMILES string of the molecule is Cc1cc(C(=O)CN2CCC(c3cn[nH]c3C)CC2)c(C)[nH]1. The Balaban J connectivity index is 1.57. The maximum Gasteiger partial charge on any atom is 0.178 e. The van der Waals surface area contributed by atoms with Crippen molar-refractivity contribution in [1.29, 1.82) is 0 Å². The largest absolute Gasteiger partial charge is 0.362 e. The van der Waals surface area contributed by atoms with Gasteiger partial charge in [-0.1, -0.05) is 0 Å². The van der Waals surface area contributed by atoms with Crippen LogP contribution in [0.15, 0.2) is 12.3 Å². The van der Waals surface area contributed by atoms with Crippen molar-refractivity contribution in [3.05, 3.63) is 40.5 Å². The van der Waals surface area contributed by atoms with Gasteiger partial charge in [0.1, 0.15) is 0 Å². The summed E-state index contributed by atoms with van der Waals surface area (Å²) in [4.78, 5) is 17.9. The topological polar surface area (TPSA) is 64.8 Å². The second kappa shape index (κ2) is 6.08. The molecule has 0 saturated carbocycles. The molecule has 5 heteroatoms. The first-order chi connectivity index (χ1) is 10.5. The van der Waals surface area contributed by atoms with Crippen molar-refractivity contribution >= 4 is 5.78 Å². The third-order valence-corrected chi connectivity index (χ3v) is 4.71. The van der Waals surface area contributed by atoms with Crippen LogP contribution < -0.4 is 0 Å². The third-order valence-electron chi connectivity index (χ3n) is 4.71. The highest BCUT2D eigenvalue weighted by Gasteiger charge is 2.24. The molecule has 3 rings (SSSR count). The minimum Gasteiger partial charge on any atom is -0.362 e. The molecule has 2 aromatic heterocycles. The Kier molecular flexibility index (Phi) is 4.16. The molecule has 1 fully saturated rings. The lowest BCUT2D eigenvalue weighted by Crippen LogP contribution is -2.37. The Morgan fingerprint density at radius 3 is 2.55 bits per heavy atom. The summed E-state index contributed by atoms with van der Waals surface area (Å²) in [6, 6.07) is 1.96. The van der Waals surface area contributed by atoms with Gasteiger partial charge in [-0.15, -0.1) is 0 Å².